The monoisotopic (exact) mass is 262 g/mol. The molecule has 2 aromatic carbocycles. The number of rotatable bonds is 2. The van der Waals surface area contributed by atoms with Gasteiger partial charge in [-0.25, -0.2) is 0 Å². The van der Waals surface area contributed by atoms with E-state index in [1.807, 2.05) is 48.5 Å². The number of nitrogens with one attached hydrogen (secondary N) is 2. The number of aromatic nitrogens is 4. The molecule has 0 amide bonds. The van der Waals surface area contributed by atoms with E-state index in [1.54, 1.807) is 0 Å². The smallest absolute Gasteiger partial charge is 0.203 e. The maximum absolute atomic E-state index is 4.19. The van der Waals surface area contributed by atoms with Gasteiger partial charge in [0.25, 0.3) is 0 Å². The first-order valence-electron chi connectivity index (χ1n) is 6.20. The summed E-state index contributed by atoms with van der Waals surface area (Å²) in [4.78, 5) is 0. The Morgan fingerprint density at radius 1 is 0.650 bits per heavy atom. The largest absolute Gasteiger partial charge is 0.276 e. The number of azo groups is 1. The normalized spacial score (nSPS) is 11.8. The molecule has 0 bridgehead atoms. The first-order chi connectivity index (χ1) is 9.92. The van der Waals surface area contributed by atoms with Crippen LogP contribution in [0, 0.1) is 0 Å². The SMILES string of the molecule is c1ccc2c(N=Nc3n[nH]c4ccccc34)n[nH]c2c1. The summed E-state index contributed by atoms with van der Waals surface area (Å²) in [5, 5.41) is 24.4. The van der Waals surface area contributed by atoms with Gasteiger partial charge >= 0.3 is 0 Å². The molecule has 4 aromatic rings. The zero-order valence-corrected chi connectivity index (χ0v) is 10.4. The van der Waals surface area contributed by atoms with Crippen LogP contribution in [-0.2, 0) is 0 Å². The number of nitrogens with zero attached hydrogens (tertiary/aromatic N) is 4. The third kappa shape index (κ3) is 1.66. The van der Waals surface area contributed by atoms with Gasteiger partial charge in [-0.05, 0) is 24.3 Å². The lowest BCUT2D eigenvalue weighted by molar-refractivity contribution is 1.04. The summed E-state index contributed by atoms with van der Waals surface area (Å²) in [5.41, 5.74) is 1.88. The van der Waals surface area contributed by atoms with Gasteiger partial charge in [-0.3, -0.25) is 10.2 Å². The van der Waals surface area contributed by atoms with Gasteiger partial charge in [0.1, 0.15) is 0 Å². The molecular weight excluding hydrogens is 252 g/mol. The fraction of sp³-hybridized carbons (Fsp3) is 0. The van der Waals surface area contributed by atoms with Crippen LogP contribution in [0.4, 0.5) is 11.6 Å². The van der Waals surface area contributed by atoms with E-state index < -0.39 is 0 Å². The minimum Gasteiger partial charge on any atom is -0.276 e. The molecule has 96 valence electrons. The Balaban J connectivity index is 1.78. The summed E-state index contributed by atoms with van der Waals surface area (Å²) in [6, 6.07) is 15.6. The summed E-state index contributed by atoms with van der Waals surface area (Å²) in [6.45, 7) is 0. The highest BCUT2D eigenvalue weighted by atomic mass is 15.3. The van der Waals surface area contributed by atoms with Crippen LogP contribution in [0.5, 0.6) is 0 Å². The van der Waals surface area contributed by atoms with Crippen LogP contribution in [0.25, 0.3) is 21.8 Å². The van der Waals surface area contributed by atoms with Crippen molar-refractivity contribution >= 4 is 33.4 Å². The minimum absolute atomic E-state index is 0.563. The molecule has 4 rings (SSSR count). The van der Waals surface area contributed by atoms with Crippen molar-refractivity contribution in [3.05, 3.63) is 48.5 Å². The standard InChI is InChI=1S/C14H10N6/c1-3-7-11-9(5-1)13(17-15-11)19-20-14-10-6-2-4-8-12(10)16-18-14/h1-8H,(H,15,17)(H,16,18). The van der Waals surface area contributed by atoms with E-state index >= 15 is 0 Å². The zero-order chi connectivity index (χ0) is 13.4. The summed E-state index contributed by atoms with van der Waals surface area (Å²) < 4.78 is 0. The molecule has 0 atom stereocenters. The molecule has 0 saturated carbocycles. The third-order valence-corrected chi connectivity index (χ3v) is 3.14. The Kier molecular flexibility index (Phi) is 2.32. The second-order valence-electron chi connectivity index (χ2n) is 4.39. The van der Waals surface area contributed by atoms with Crippen LogP contribution in [0.3, 0.4) is 0 Å². The van der Waals surface area contributed by atoms with Gasteiger partial charge in [0.15, 0.2) is 0 Å². The molecule has 2 N–H and O–H groups in total. The van der Waals surface area contributed by atoms with Crippen molar-refractivity contribution in [3.63, 3.8) is 0 Å². The van der Waals surface area contributed by atoms with Crippen LogP contribution in [-0.4, -0.2) is 20.4 Å². The Hall–Kier alpha value is -3.02. The molecule has 0 saturated heterocycles. The van der Waals surface area contributed by atoms with Gasteiger partial charge in [-0.15, -0.1) is 10.2 Å². The maximum Gasteiger partial charge on any atom is 0.203 e. The molecule has 0 unspecified atom stereocenters. The average molecular weight is 262 g/mol. The Morgan fingerprint density at radius 3 is 1.60 bits per heavy atom. The number of hydrogen-bond donors (Lipinski definition) is 2. The Morgan fingerprint density at radius 2 is 1.10 bits per heavy atom. The molecule has 2 aromatic heterocycles. The number of H-pyrrole nitrogens is 2. The number of para-hydroxylation sites is 2. The first kappa shape index (κ1) is 10.9. The zero-order valence-electron chi connectivity index (χ0n) is 10.4. The number of fused-ring (bicyclic) bond motifs is 2. The highest BCUT2D eigenvalue weighted by molar-refractivity contribution is 5.89. The molecule has 20 heavy (non-hydrogen) atoms. The lowest BCUT2D eigenvalue weighted by Gasteiger charge is -1.88. The molecule has 0 radical (unpaired) electrons. The molecular formula is C14H10N6. The molecule has 6 heteroatoms. The Labute approximate surface area is 113 Å². The van der Waals surface area contributed by atoms with E-state index in [0.717, 1.165) is 21.8 Å². The summed E-state index contributed by atoms with van der Waals surface area (Å²) in [6.07, 6.45) is 0. The predicted octanol–water partition coefficient (Wildman–Crippen LogP) is 3.85. The van der Waals surface area contributed by atoms with E-state index in [1.165, 1.54) is 0 Å². The van der Waals surface area contributed by atoms with Crippen molar-refractivity contribution < 1.29 is 0 Å². The van der Waals surface area contributed by atoms with Gasteiger partial charge < -0.3 is 0 Å². The van der Waals surface area contributed by atoms with Crippen molar-refractivity contribution in [2.45, 2.75) is 0 Å². The van der Waals surface area contributed by atoms with Crippen LogP contribution in [0.15, 0.2) is 58.8 Å². The quantitative estimate of drug-likeness (QED) is 0.538. The van der Waals surface area contributed by atoms with Gasteiger partial charge in [0, 0.05) is 10.8 Å². The second kappa shape index (κ2) is 4.27. The van der Waals surface area contributed by atoms with E-state index in [0.29, 0.717) is 11.6 Å². The molecule has 0 aliphatic heterocycles. The number of benzene rings is 2. The molecule has 0 spiro atoms. The van der Waals surface area contributed by atoms with Gasteiger partial charge in [-0.1, -0.05) is 24.3 Å². The highest BCUT2D eigenvalue weighted by Gasteiger charge is 2.05. The van der Waals surface area contributed by atoms with E-state index in [4.69, 9.17) is 0 Å². The van der Waals surface area contributed by atoms with Crippen molar-refractivity contribution in [1.82, 2.24) is 20.4 Å². The lowest BCUT2D eigenvalue weighted by atomic mass is 10.2. The third-order valence-electron chi connectivity index (χ3n) is 3.14. The van der Waals surface area contributed by atoms with Crippen molar-refractivity contribution in [1.29, 1.82) is 0 Å². The van der Waals surface area contributed by atoms with E-state index in [-0.39, 0.29) is 0 Å². The molecule has 0 aliphatic rings. The summed E-state index contributed by atoms with van der Waals surface area (Å²) >= 11 is 0. The van der Waals surface area contributed by atoms with Gasteiger partial charge in [-0.2, -0.15) is 10.2 Å². The number of hydrogen-bond acceptors (Lipinski definition) is 4. The summed E-state index contributed by atoms with van der Waals surface area (Å²) in [5.74, 6) is 1.13. The van der Waals surface area contributed by atoms with E-state index in [2.05, 4.69) is 30.6 Å². The van der Waals surface area contributed by atoms with Crippen LogP contribution >= 0.6 is 0 Å². The van der Waals surface area contributed by atoms with Crippen molar-refractivity contribution in [2.24, 2.45) is 10.2 Å². The topological polar surface area (TPSA) is 82.1 Å². The van der Waals surface area contributed by atoms with Gasteiger partial charge in [0.2, 0.25) is 11.6 Å². The average Bonchev–Trinajstić information content (AvgIpc) is 3.09. The predicted molar refractivity (Wildman–Crippen MR) is 76.4 cm³/mol. The van der Waals surface area contributed by atoms with Crippen LogP contribution in [0.1, 0.15) is 0 Å². The molecule has 0 aliphatic carbocycles. The second-order valence-corrected chi connectivity index (χ2v) is 4.39. The first-order valence-corrected chi connectivity index (χ1v) is 6.20. The fourth-order valence-electron chi connectivity index (χ4n) is 2.15. The van der Waals surface area contributed by atoms with Crippen LogP contribution in [0.2, 0.25) is 0 Å². The van der Waals surface area contributed by atoms with E-state index in [9.17, 15) is 0 Å². The highest BCUT2D eigenvalue weighted by Crippen LogP contribution is 2.27. The number of aromatic amines is 2. The molecule has 0 fully saturated rings. The van der Waals surface area contributed by atoms with Crippen molar-refractivity contribution in [3.8, 4) is 0 Å². The maximum atomic E-state index is 4.19. The van der Waals surface area contributed by atoms with Crippen molar-refractivity contribution in [2.75, 3.05) is 0 Å². The van der Waals surface area contributed by atoms with Crippen LogP contribution < -0.4 is 0 Å². The lowest BCUT2D eigenvalue weighted by Crippen LogP contribution is -1.66. The van der Waals surface area contributed by atoms with Gasteiger partial charge in [0.05, 0.1) is 11.0 Å². The molecule has 6 nitrogen and oxygen atoms in total. The fourth-order valence-corrected chi connectivity index (χ4v) is 2.15. The molecule has 2 heterocycles. The Bertz CT molecular complexity index is 841. The minimum atomic E-state index is 0.563. The summed E-state index contributed by atoms with van der Waals surface area (Å²) in [7, 11) is 0.